The van der Waals surface area contributed by atoms with Gasteiger partial charge in [-0.2, -0.15) is 5.10 Å². The van der Waals surface area contributed by atoms with Crippen LogP contribution >= 0.6 is 0 Å². The average molecular weight is 448 g/mol. The summed E-state index contributed by atoms with van der Waals surface area (Å²) in [6.07, 6.45) is 1.59. The van der Waals surface area contributed by atoms with Gasteiger partial charge < -0.3 is 0 Å². The smallest absolute Gasteiger partial charge is 0.246 e. The Morgan fingerprint density at radius 3 is 2.52 bits per heavy atom. The molecule has 0 radical (unpaired) electrons. The Labute approximate surface area is 178 Å². The third-order valence-corrected chi connectivity index (χ3v) is 7.36. The molecular formula is C21H22F2N4O3S. The first-order valence-corrected chi connectivity index (χ1v) is 11.6. The average Bonchev–Trinajstić information content (AvgIpc) is 3.08. The zero-order chi connectivity index (χ0) is 22.0. The molecule has 2 heterocycles. The summed E-state index contributed by atoms with van der Waals surface area (Å²) >= 11 is 0. The maximum absolute atomic E-state index is 14.2. The minimum Gasteiger partial charge on any atom is -0.246 e. The minimum atomic E-state index is -3.56. The number of rotatable bonds is 6. The summed E-state index contributed by atoms with van der Waals surface area (Å²) in [4.78, 5) is 12.2. The molecule has 3 aromatic rings. The first kappa shape index (κ1) is 21.4. The standard InChI is InChI=1S/C21H22F2N4O3S/c22-17-5-3-4-16(12-17)14-31(29,30)26-10-8-15(9-11-26)13-20-24-25-21(28)27(20)19-7-2-1-6-18(19)23/h1-7,12,15H,8-11,13-14H2,(H,25,28). The lowest BCUT2D eigenvalue weighted by molar-refractivity contribution is 0.269. The van der Waals surface area contributed by atoms with Crippen molar-refractivity contribution in [3.8, 4) is 5.69 Å². The highest BCUT2D eigenvalue weighted by molar-refractivity contribution is 7.88. The van der Waals surface area contributed by atoms with Gasteiger partial charge in [-0.05, 0) is 48.6 Å². The van der Waals surface area contributed by atoms with E-state index in [-0.39, 0.29) is 17.4 Å². The molecule has 1 N–H and O–H groups in total. The summed E-state index contributed by atoms with van der Waals surface area (Å²) in [5, 5.41) is 6.42. The molecule has 31 heavy (non-hydrogen) atoms. The lowest BCUT2D eigenvalue weighted by atomic mass is 9.94. The van der Waals surface area contributed by atoms with Crippen molar-refractivity contribution in [2.75, 3.05) is 13.1 Å². The van der Waals surface area contributed by atoms with Crippen LogP contribution in [-0.2, 0) is 22.2 Å². The van der Waals surface area contributed by atoms with Crippen molar-refractivity contribution in [2.24, 2.45) is 5.92 Å². The molecule has 1 aliphatic heterocycles. The number of benzene rings is 2. The molecule has 0 amide bonds. The Kier molecular flexibility index (Phi) is 6.01. The predicted molar refractivity (Wildman–Crippen MR) is 111 cm³/mol. The number of hydrogen-bond acceptors (Lipinski definition) is 4. The van der Waals surface area contributed by atoms with E-state index in [0.717, 1.165) is 0 Å². The fourth-order valence-corrected chi connectivity index (χ4v) is 5.48. The van der Waals surface area contributed by atoms with Crippen LogP contribution in [0.5, 0.6) is 0 Å². The normalized spacial score (nSPS) is 15.9. The molecule has 164 valence electrons. The number of para-hydroxylation sites is 1. The number of nitrogens with one attached hydrogen (secondary N) is 1. The van der Waals surface area contributed by atoms with Gasteiger partial charge in [0.1, 0.15) is 17.5 Å². The number of aromatic nitrogens is 3. The van der Waals surface area contributed by atoms with Crippen molar-refractivity contribution >= 4 is 10.0 Å². The van der Waals surface area contributed by atoms with E-state index >= 15 is 0 Å². The Bertz CT molecular complexity index is 1230. The third-order valence-electron chi connectivity index (χ3n) is 5.51. The van der Waals surface area contributed by atoms with Crippen LogP contribution < -0.4 is 5.69 Å². The quantitative estimate of drug-likeness (QED) is 0.628. The zero-order valence-electron chi connectivity index (χ0n) is 16.7. The van der Waals surface area contributed by atoms with Crippen LogP contribution in [0.2, 0.25) is 0 Å². The number of sulfonamides is 1. The Morgan fingerprint density at radius 2 is 1.81 bits per heavy atom. The topological polar surface area (TPSA) is 88.1 Å². The molecule has 1 fully saturated rings. The van der Waals surface area contributed by atoms with Crippen LogP contribution in [0.1, 0.15) is 24.2 Å². The molecule has 1 saturated heterocycles. The van der Waals surface area contributed by atoms with Crippen molar-refractivity contribution in [1.82, 2.24) is 19.1 Å². The van der Waals surface area contributed by atoms with Gasteiger partial charge >= 0.3 is 5.69 Å². The second kappa shape index (κ2) is 8.72. The van der Waals surface area contributed by atoms with Gasteiger partial charge in [-0.25, -0.2) is 36.0 Å². The van der Waals surface area contributed by atoms with Crippen molar-refractivity contribution in [1.29, 1.82) is 0 Å². The SMILES string of the molecule is O=c1[nH]nc(CC2CCN(S(=O)(=O)Cc3cccc(F)c3)CC2)n1-c1ccccc1F. The van der Waals surface area contributed by atoms with Crippen molar-refractivity contribution in [2.45, 2.75) is 25.0 Å². The fraction of sp³-hybridized carbons (Fsp3) is 0.333. The van der Waals surface area contributed by atoms with Gasteiger partial charge in [0.15, 0.2) is 0 Å². The molecule has 0 bridgehead atoms. The van der Waals surface area contributed by atoms with E-state index in [0.29, 0.717) is 43.7 Å². The van der Waals surface area contributed by atoms with E-state index in [1.807, 2.05) is 0 Å². The Balaban J connectivity index is 1.42. The van der Waals surface area contributed by atoms with Crippen LogP contribution in [-0.4, -0.2) is 40.6 Å². The molecule has 0 atom stereocenters. The molecule has 0 unspecified atom stereocenters. The van der Waals surface area contributed by atoms with Gasteiger partial charge in [-0.3, -0.25) is 0 Å². The molecule has 0 spiro atoms. The summed E-state index contributed by atoms with van der Waals surface area (Å²) in [5.74, 6) is -0.726. The van der Waals surface area contributed by atoms with Gasteiger partial charge in [-0.15, -0.1) is 0 Å². The van der Waals surface area contributed by atoms with Gasteiger partial charge in [0.05, 0.1) is 11.4 Å². The summed E-state index contributed by atoms with van der Waals surface area (Å²) < 4.78 is 55.6. The number of nitrogens with zero attached hydrogens (tertiary/aromatic N) is 3. The molecule has 1 aromatic heterocycles. The molecule has 4 rings (SSSR count). The maximum atomic E-state index is 14.2. The van der Waals surface area contributed by atoms with Gasteiger partial charge in [-0.1, -0.05) is 24.3 Å². The molecule has 0 aliphatic carbocycles. The van der Waals surface area contributed by atoms with Crippen LogP contribution in [0.15, 0.2) is 53.3 Å². The molecule has 2 aromatic carbocycles. The van der Waals surface area contributed by atoms with Gasteiger partial charge in [0, 0.05) is 19.5 Å². The summed E-state index contributed by atoms with van der Waals surface area (Å²) in [7, 11) is -3.56. The van der Waals surface area contributed by atoms with Crippen LogP contribution in [0.4, 0.5) is 8.78 Å². The zero-order valence-corrected chi connectivity index (χ0v) is 17.5. The largest absolute Gasteiger partial charge is 0.348 e. The lowest BCUT2D eigenvalue weighted by Crippen LogP contribution is -2.39. The predicted octanol–water partition coefficient (Wildman–Crippen LogP) is 2.62. The van der Waals surface area contributed by atoms with Crippen LogP contribution in [0.25, 0.3) is 5.69 Å². The molecule has 10 heteroatoms. The molecule has 7 nitrogen and oxygen atoms in total. The van der Waals surface area contributed by atoms with E-state index in [1.165, 1.54) is 39.2 Å². The van der Waals surface area contributed by atoms with Crippen molar-refractivity contribution < 1.29 is 17.2 Å². The van der Waals surface area contributed by atoms with E-state index in [1.54, 1.807) is 18.2 Å². The van der Waals surface area contributed by atoms with Crippen molar-refractivity contribution in [3.63, 3.8) is 0 Å². The van der Waals surface area contributed by atoms with Crippen LogP contribution in [0.3, 0.4) is 0 Å². The second-order valence-corrected chi connectivity index (χ2v) is 9.63. The summed E-state index contributed by atoms with van der Waals surface area (Å²) in [6.45, 7) is 0.660. The number of piperidine rings is 1. The van der Waals surface area contributed by atoms with Crippen molar-refractivity contribution in [3.05, 3.63) is 82.0 Å². The third kappa shape index (κ3) is 4.75. The molecular weight excluding hydrogens is 426 g/mol. The van der Waals surface area contributed by atoms with E-state index < -0.39 is 27.3 Å². The molecule has 0 saturated carbocycles. The number of aromatic amines is 1. The van der Waals surface area contributed by atoms with E-state index in [2.05, 4.69) is 10.2 Å². The summed E-state index contributed by atoms with van der Waals surface area (Å²) in [5.41, 5.74) is 0.0223. The first-order valence-electron chi connectivity index (χ1n) is 9.97. The molecule has 1 aliphatic rings. The number of hydrogen-bond donors (Lipinski definition) is 1. The Morgan fingerprint density at radius 1 is 1.06 bits per heavy atom. The summed E-state index contributed by atoms with van der Waals surface area (Å²) in [6, 6.07) is 11.6. The first-order chi connectivity index (χ1) is 14.8. The number of H-pyrrole nitrogens is 1. The minimum absolute atomic E-state index is 0.0985. The highest BCUT2D eigenvalue weighted by Crippen LogP contribution is 2.25. The van der Waals surface area contributed by atoms with Crippen LogP contribution in [0, 0.1) is 17.6 Å². The highest BCUT2D eigenvalue weighted by atomic mass is 32.2. The monoisotopic (exact) mass is 448 g/mol. The fourth-order valence-electron chi connectivity index (χ4n) is 3.93. The van der Waals surface area contributed by atoms with E-state index in [4.69, 9.17) is 0 Å². The maximum Gasteiger partial charge on any atom is 0.348 e. The number of halogens is 2. The Hall–Kier alpha value is -2.85. The highest BCUT2D eigenvalue weighted by Gasteiger charge is 2.29. The lowest BCUT2D eigenvalue weighted by Gasteiger charge is -2.31. The van der Waals surface area contributed by atoms with Gasteiger partial charge in [0.2, 0.25) is 10.0 Å². The van der Waals surface area contributed by atoms with E-state index in [9.17, 15) is 22.0 Å². The van der Waals surface area contributed by atoms with Gasteiger partial charge in [0.25, 0.3) is 0 Å². The second-order valence-electron chi connectivity index (χ2n) is 7.66.